The number of nitrogens with one attached hydrogen (secondary N) is 1. The molecule has 1 heterocycles. The molecule has 0 aromatic heterocycles. The molecule has 0 radical (unpaired) electrons. The molecule has 1 aliphatic rings. The Labute approximate surface area is 229 Å². The molecule has 3 aromatic carbocycles. The third-order valence-corrected chi connectivity index (χ3v) is 7.02. The number of nitrogens with zero attached hydrogens (tertiary/aromatic N) is 1. The van der Waals surface area contributed by atoms with Gasteiger partial charge in [-0.1, -0.05) is 48.6 Å². The lowest BCUT2D eigenvalue weighted by Gasteiger charge is -2.31. The van der Waals surface area contributed by atoms with Crippen LogP contribution in [0.15, 0.2) is 78.9 Å². The van der Waals surface area contributed by atoms with Crippen molar-refractivity contribution in [2.24, 2.45) is 5.92 Å². The number of halogens is 2. The number of hydrogen-bond acceptors (Lipinski definition) is 4. The highest BCUT2D eigenvalue weighted by atomic mass is 19.1. The molecule has 1 saturated heterocycles. The van der Waals surface area contributed by atoms with Gasteiger partial charge in [0.2, 0.25) is 5.91 Å². The van der Waals surface area contributed by atoms with E-state index in [9.17, 15) is 13.6 Å². The van der Waals surface area contributed by atoms with E-state index in [1.54, 1.807) is 24.3 Å². The number of ether oxygens (including phenoxy) is 1. The summed E-state index contributed by atoms with van der Waals surface area (Å²) in [5.74, 6) is 0.347. The molecule has 0 atom stereocenters. The number of carbonyl (C=O) groups excluding carboxylic acids is 1. The smallest absolute Gasteiger partial charge is 0.221 e. The Bertz CT molecular complexity index is 1140. The predicted molar refractivity (Wildman–Crippen MR) is 149 cm³/mol. The van der Waals surface area contributed by atoms with E-state index in [1.807, 2.05) is 24.3 Å². The molecule has 2 N–H and O–H groups in total. The fourth-order valence-corrected chi connectivity index (χ4v) is 4.79. The highest BCUT2D eigenvalue weighted by molar-refractivity contribution is 5.77. The van der Waals surface area contributed by atoms with Crippen LogP contribution >= 0.6 is 0 Å². The van der Waals surface area contributed by atoms with Gasteiger partial charge in [-0.05, 0) is 84.9 Å². The van der Waals surface area contributed by atoms with E-state index in [0.717, 1.165) is 54.9 Å². The summed E-state index contributed by atoms with van der Waals surface area (Å²) in [6, 6.07) is 19.5. The fourth-order valence-electron chi connectivity index (χ4n) is 4.79. The van der Waals surface area contributed by atoms with Gasteiger partial charge in [0, 0.05) is 26.0 Å². The number of likely N-dealkylation sites (tertiary alicyclic amines) is 1. The number of aliphatic hydroxyl groups excluding tert-OH is 1. The number of hydrogen-bond donors (Lipinski definition) is 2. The average molecular weight is 535 g/mol. The second kappa shape index (κ2) is 14.6. The molecule has 1 aliphatic heterocycles. The van der Waals surface area contributed by atoms with E-state index in [4.69, 9.17) is 9.84 Å². The summed E-state index contributed by atoms with van der Waals surface area (Å²) in [7, 11) is 0. The Morgan fingerprint density at radius 1 is 0.949 bits per heavy atom. The maximum atomic E-state index is 13.5. The zero-order chi connectivity index (χ0) is 27.5. The second-order valence-electron chi connectivity index (χ2n) is 9.95. The van der Waals surface area contributed by atoms with Gasteiger partial charge in [0.05, 0.1) is 12.6 Å². The first kappa shape index (κ1) is 28.5. The minimum Gasteiger partial charge on any atom is -0.494 e. The standard InChI is InChI=1S/C32H36F2N2O3/c33-28-10-6-26(7-11-28)32(27-8-12-29(34)13-9-27)35-31(38)23-25-16-19-36(20-17-25)18-1-3-24-4-14-30(15-5-24)39-22-2-21-37/h1,3-15,25,32,37H,2,16-23H2,(H,35,38)/b3-1+. The van der Waals surface area contributed by atoms with Crippen LogP contribution < -0.4 is 10.1 Å². The van der Waals surface area contributed by atoms with Gasteiger partial charge in [-0.15, -0.1) is 0 Å². The summed E-state index contributed by atoms with van der Waals surface area (Å²) in [5, 5.41) is 11.9. The van der Waals surface area contributed by atoms with Crippen molar-refractivity contribution in [3.8, 4) is 5.75 Å². The maximum Gasteiger partial charge on any atom is 0.221 e. The van der Waals surface area contributed by atoms with Crippen LogP contribution in [0.3, 0.4) is 0 Å². The van der Waals surface area contributed by atoms with Crippen molar-refractivity contribution in [2.45, 2.75) is 31.7 Å². The van der Waals surface area contributed by atoms with E-state index in [-0.39, 0.29) is 24.1 Å². The van der Waals surface area contributed by atoms with E-state index >= 15 is 0 Å². The van der Waals surface area contributed by atoms with Crippen LogP contribution in [0.4, 0.5) is 8.78 Å². The third kappa shape index (κ3) is 9.01. The van der Waals surface area contributed by atoms with Crippen LogP contribution in [0, 0.1) is 17.6 Å². The van der Waals surface area contributed by atoms with Crippen LogP contribution in [0.25, 0.3) is 6.08 Å². The van der Waals surface area contributed by atoms with E-state index in [0.29, 0.717) is 25.4 Å². The van der Waals surface area contributed by atoms with Crippen molar-refractivity contribution >= 4 is 12.0 Å². The summed E-state index contributed by atoms with van der Waals surface area (Å²) in [4.78, 5) is 15.4. The van der Waals surface area contributed by atoms with Gasteiger partial charge in [-0.2, -0.15) is 0 Å². The Morgan fingerprint density at radius 3 is 2.10 bits per heavy atom. The second-order valence-corrected chi connectivity index (χ2v) is 9.95. The monoisotopic (exact) mass is 534 g/mol. The largest absolute Gasteiger partial charge is 0.494 e. The fraction of sp³-hybridized carbons (Fsp3) is 0.344. The summed E-state index contributed by atoms with van der Waals surface area (Å²) in [5.41, 5.74) is 2.61. The molecular formula is C32H36F2N2O3. The van der Waals surface area contributed by atoms with Crippen molar-refractivity contribution in [1.29, 1.82) is 0 Å². The minimum absolute atomic E-state index is 0.0595. The van der Waals surface area contributed by atoms with Crippen molar-refractivity contribution in [3.05, 3.63) is 107 Å². The molecule has 7 heteroatoms. The van der Waals surface area contributed by atoms with Crippen LogP contribution in [0.1, 0.15) is 48.4 Å². The Hall–Kier alpha value is -3.55. The molecule has 5 nitrogen and oxygen atoms in total. The lowest BCUT2D eigenvalue weighted by atomic mass is 9.92. The van der Waals surface area contributed by atoms with Crippen molar-refractivity contribution in [2.75, 3.05) is 32.8 Å². The SMILES string of the molecule is O=C(CC1CCN(C/C=C/c2ccc(OCCCO)cc2)CC1)NC(c1ccc(F)cc1)c1ccc(F)cc1. The molecule has 1 fully saturated rings. The highest BCUT2D eigenvalue weighted by Gasteiger charge is 2.23. The van der Waals surface area contributed by atoms with Crippen molar-refractivity contribution < 1.29 is 23.4 Å². The molecule has 0 unspecified atom stereocenters. The first-order valence-electron chi connectivity index (χ1n) is 13.5. The normalized spacial score (nSPS) is 14.7. The predicted octanol–water partition coefficient (Wildman–Crippen LogP) is 5.75. The first-order chi connectivity index (χ1) is 19.0. The molecule has 206 valence electrons. The van der Waals surface area contributed by atoms with Gasteiger partial charge in [0.1, 0.15) is 17.4 Å². The van der Waals surface area contributed by atoms with Crippen LogP contribution in [0.2, 0.25) is 0 Å². The van der Waals surface area contributed by atoms with Gasteiger partial charge < -0.3 is 15.2 Å². The molecule has 1 amide bonds. The summed E-state index contributed by atoms with van der Waals surface area (Å²) in [6.45, 7) is 3.34. The maximum absolute atomic E-state index is 13.5. The zero-order valence-corrected chi connectivity index (χ0v) is 22.1. The molecule has 0 aliphatic carbocycles. The van der Waals surface area contributed by atoms with Gasteiger partial charge in [0.25, 0.3) is 0 Å². The number of aliphatic hydroxyl groups is 1. The lowest BCUT2D eigenvalue weighted by molar-refractivity contribution is -0.122. The Balaban J connectivity index is 1.23. The Kier molecular flexibility index (Phi) is 10.6. The zero-order valence-electron chi connectivity index (χ0n) is 22.1. The number of rotatable bonds is 12. The van der Waals surface area contributed by atoms with E-state index in [1.165, 1.54) is 24.3 Å². The molecule has 0 spiro atoms. The van der Waals surface area contributed by atoms with Crippen LogP contribution in [-0.2, 0) is 4.79 Å². The number of piperidine rings is 1. The Morgan fingerprint density at radius 2 is 1.54 bits per heavy atom. The van der Waals surface area contributed by atoms with Gasteiger partial charge in [-0.25, -0.2) is 8.78 Å². The molecule has 0 bridgehead atoms. The molecule has 4 rings (SSSR count). The molecule has 39 heavy (non-hydrogen) atoms. The van der Waals surface area contributed by atoms with Crippen molar-refractivity contribution in [1.82, 2.24) is 10.2 Å². The molecular weight excluding hydrogens is 498 g/mol. The number of amides is 1. The van der Waals surface area contributed by atoms with Crippen molar-refractivity contribution in [3.63, 3.8) is 0 Å². The van der Waals surface area contributed by atoms with E-state index < -0.39 is 6.04 Å². The van der Waals surface area contributed by atoms with E-state index in [2.05, 4.69) is 22.4 Å². The average Bonchev–Trinajstić information content (AvgIpc) is 2.95. The van der Waals surface area contributed by atoms with Crippen LogP contribution in [0.5, 0.6) is 5.75 Å². The van der Waals surface area contributed by atoms with Gasteiger partial charge in [0.15, 0.2) is 0 Å². The van der Waals surface area contributed by atoms with Crippen LogP contribution in [-0.4, -0.2) is 48.8 Å². The number of carbonyl (C=O) groups is 1. The summed E-state index contributed by atoms with van der Waals surface area (Å²) in [6.07, 6.45) is 7.19. The third-order valence-electron chi connectivity index (χ3n) is 7.02. The first-order valence-corrected chi connectivity index (χ1v) is 13.5. The minimum atomic E-state index is -0.468. The molecule has 3 aromatic rings. The summed E-state index contributed by atoms with van der Waals surface area (Å²) >= 11 is 0. The quantitative estimate of drug-likeness (QED) is 0.291. The lowest BCUT2D eigenvalue weighted by Crippen LogP contribution is -2.36. The molecule has 0 saturated carbocycles. The van der Waals surface area contributed by atoms with Gasteiger partial charge >= 0.3 is 0 Å². The number of benzene rings is 3. The van der Waals surface area contributed by atoms with Gasteiger partial charge in [-0.3, -0.25) is 9.69 Å². The highest BCUT2D eigenvalue weighted by Crippen LogP contribution is 2.25. The topological polar surface area (TPSA) is 61.8 Å². The summed E-state index contributed by atoms with van der Waals surface area (Å²) < 4.78 is 32.5.